The van der Waals surface area contributed by atoms with Crippen molar-refractivity contribution in [3.05, 3.63) is 82.2 Å². The molecule has 1 heterocycles. The summed E-state index contributed by atoms with van der Waals surface area (Å²) in [5.41, 5.74) is 7.67. The summed E-state index contributed by atoms with van der Waals surface area (Å²) in [7, 11) is 0. The van der Waals surface area contributed by atoms with Crippen LogP contribution in [0.15, 0.2) is 66.7 Å². The summed E-state index contributed by atoms with van der Waals surface area (Å²) in [6, 6.07) is 18.6. The molecule has 2 aromatic carbocycles. The van der Waals surface area contributed by atoms with Crippen LogP contribution in [0.3, 0.4) is 0 Å². The Morgan fingerprint density at radius 1 is 1.07 bits per heavy atom. The first kappa shape index (κ1) is 18.9. The van der Waals surface area contributed by atoms with Crippen molar-refractivity contribution in [2.24, 2.45) is 5.73 Å². The van der Waals surface area contributed by atoms with Gasteiger partial charge in [-0.05, 0) is 53.6 Å². The van der Waals surface area contributed by atoms with E-state index in [1.165, 1.54) is 6.08 Å². The Morgan fingerprint density at radius 3 is 2.56 bits per heavy atom. The fraction of sp³-hybridized carbons (Fsp3) is 0.0476. The summed E-state index contributed by atoms with van der Waals surface area (Å²) >= 11 is 7.61. The maximum absolute atomic E-state index is 12.1. The molecular weight excluding hydrogens is 380 g/mol. The molecule has 0 spiro atoms. The van der Waals surface area contributed by atoms with E-state index in [9.17, 15) is 9.59 Å². The molecule has 4 nitrogen and oxygen atoms in total. The SMILES string of the molecule is NC(=O)Cc1ccc(NC(=O)/C=C/c2ccc(-c3cccc(Cl)c3)s2)cc1. The predicted molar refractivity (Wildman–Crippen MR) is 112 cm³/mol. The van der Waals surface area contributed by atoms with Gasteiger partial charge in [0.15, 0.2) is 0 Å². The van der Waals surface area contributed by atoms with Crippen LogP contribution in [-0.2, 0) is 16.0 Å². The van der Waals surface area contributed by atoms with Gasteiger partial charge in [0.05, 0.1) is 6.42 Å². The van der Waals surface area contributed by atoms with E-state index in [-0.39, 0.29) is 18.2 Å². The summed E-state index contributed by atoms with van der Waals surface area (Å²) in [6.07, 6.45) is 3.45. The van der Waals surface area contributed by atoms with Gasteiger partial charge in [-0.2, -0.15) is 0 Å². The monoisotopic (exact) mass is 396 g/mol. The van der Waals surface area contributed by atoms with Crippen LogP contribution in [0.2, 0.25) is 5.02 Å². The summed E-state index contributed by atoms with van der Waals surface area (Å²) in [4.78, 5) is 25.0. The van der Waals surface area contributed by atoms with E-state index in [1.54, 1.807) is 41.7 Å². The van der Waals surface area contributed by atoms with E-state index < -0.39 is 0 Å². The number of halogens is 1. The van der Waals surface area contributed by atoms with Crippen LogP contribution in [0.5, 0.6) is 0 Å². The third kappa shape index (κ3) is 5.54. The molecule has 0 unspecified atom stereocenters. The normalized spacial score (nSPS) is 10.9. The van der Waals surface area contributed by atoms with Gasteiger partial charge < -0.3 is 11.1 Å². The quantitative estimate of drug-likeness (QED) is 0.590. The molecule has 0 fully saturated rings. The second-order valence-corrected chi connectivity index (χ2v) is 7.43. The van der Waals surface area contributed by atoms with Crippen molar-refractivity contribution in [2.45, 2.75) is 6.42 Å². The van der Waals surface area contributed by atoms with E-state index in [0.717, 1.165) is 20.9 Å². The minimum absolute atomic E-state index is 0.182. The largest absolute Gasteiger partial charge is 0.369 e. The third-order valence-electron chi connectivity index (χ3n) is 3.73. The molecule has 3 rings (SSSR count). The molecule has 136 valence electrons. The van der Waals surface area contributed by atoms with Gasteiger partial charge in [0, 0.05) is 26.5 Å². The molecule has 3 N–H and O–H groups in total. The Kier molecular flexibility index (Phi) is 6.06. The zero-order chi connectivity index (χ0) is 19.2. The molecular formula is C21H17ClN2O2S. The van der Waals surface area contributed by atoms with Crippen LogP contribution in [0, 0.1) is 0 Å². The molecule has 0 radical (unpaired) electrons. The number of anilines is 1. The molecule has 0 saturated heterocycles. The number of amides is 2. The highest BCUT2D eigenvalue weighted by atomic mass is 35.5. The number of benzene rings is 2. The second-order valence-electron chi connectivity index (χ2n) is 5.87. The molecule has 0 aliphatic rings. The summed E-state index contributed by atoms with van der Waals surface area (Å²) < 4.78 is 0. The fourth-order valence-electron chi connectivity index (χ4n) is 2.49. The highest BCUT2D eigenvalue weighted by Gasteiger charge is 2.04. The lowest BCUT2D eigenvalue weighted by Gasteiger charge is -2.03. The van der Waals surface area contributed by atoms with Crippen molar-refractivity contribution in [1.82, 2.24) is 0 Å². The lowest BCUT2D eigenvalue weighted by Crippen LogP contribution is -2.13. The average Bonchev–Trinajstić information content (AvgIpc) is 3.10. The van der Waals surface area contributed by atoms with Gasteiger partial charge in [-0.15, -0.1) is 11.3 Å². The van der Waals surface area contributed by atoms with Crippen LogP contribution in [0.25, 0.3) is 16.5 Å². The van der Waals surface area contributed by atoms with Crippen molar-refractivity contribution in [2.75, 3.05) is 5.32 Å². The number of rotatable bonds is 6. The second kappa shape index (κ2) is 8.66. The molecule has 1 aromatic heterocycles. The number of hydrogen-bond donors (Lipinski definition) is 2. The van der Waals surface area contributed by atoms with Crippen molar-refractivity contribution in [3.63, 3.8) is 0 Å². The topological polar surface area (TPSA) is 72.2 Å². The Hall–Kier alpha value is -2.89. The summed E-state index contributed by atoms with van der Waals surface area (Å²) in [6.45, 7) is 0. The highest BCUT2D eigenvalue weighted by molar-refractivity contribution is 7.16. The molecule has 6 heteroatoms. The zero-order valence-electron chi connectivity index (χ0n) is 14.3. The van der Waals surface area contributed by atoms with Crippen molar-refractivity contribution in [1.29, 1.82) is 0 Å². The minimum atomic E-state index is -0.386. The molecule has 0 saturated carbocycles. The maximum atomic E-state index is 12.1. The fourth-order valence-corrected chi connectivity index (χ4v) is 3.59. The number of nitrogens with one attached hydrogen (secondary N) is 1. The first-order valence-electron chi connectivity index (χ1n) is 8.22. The Balaban J connectivity index is 1.61. The first-order chi connectivity index (χ1) is 13.0. The van der Waals surface area contributed by atoms with Gasteiger partial charge in [-0.3, -0.25) is 9.59 Å². The maximum Gasteiger partial charge on any atom is 0.248 e. The van der Waals surface area contributed by atoms with Gasteiger partial charge in [0.25, 0.3) is 0 Å². The van der Waals surface area contributed by atoms with E-state index in [0.29, 0.717) is 10.7 Å². The van der Waals surface area contributed by atoms with Gasteiger partial charge in [0.2, 0.25) is 11.8 Å². The number of thiophene rings is 1. The van der Waals surface area contributed by atoms with Crippen molar-refractivity contribution in [3.8, 4) is 10.4 Å². The summed E-state index contributed by atoms with van der Waals surface area (Å²) in [5.74, 6) is -0.613. The third-order valence-corrected chi connectivity index (χ3v) is 5.07. The van der Waals surface area contributed by atoms with E-state index in [4.69, 9.17) is 17.3 Å². The van der Waals surface area contributed by atoms with Crippen molar-refractivity contribution < 1.29 is 9.59 Å². The number of carbonyl (C=O) groups is 2. The first-order valence-corrected chi connectivity index (χ1v) is 9.41. The molecule has 3 aromatic rings. The Labute approximate surface area is 166 Å². The van der Waals surface area contributed by atoms with Crippen molar-refractivity contribution >= 4 is 46.5 Å². The van der Waals surface area contributed by atoms with Gasteiger partial charge in [0.1, 0.15) is 0 Å². The van der Waals surface area contributed by atoms with Crippen LogP contribution in [0.1, 0.15) is 10.4 Å². The molecule has 27 heavy (non-hydrogen) atoms. The molecule has 0 aliphatic heterocycles. The predicted octanol–water partition coefficient (Wildman–Crippen LogP) is 4.75. The molecule has 0 atom stereocenters. The zero-order valence-corrected chi connectivity index (χ0v) is 15.9. The number of hydrogen-bond acceptors (Lipinski definition) is 3. The Morgan fingerprint density at radius 2 is 1.85 bits per heavy atom. The summed E-state index contributed by atoms with van der Waals surface area (Å²) in [5, 5.41) is 3.48. The molecule has 0 aliphatic carbocycles. The highest BCUT2D eigenvalue weighted by Crippen LogP contribution is 2.30. The average molecular weight is 397 g/mol. The van der Waals surface area contributed by atoms with Crippen LogP contribution in [0.4, 0.5) is 5.69 Å². The van der Waals surface area contributed by atoms with E-state index >= 15 is 0 Å². The lowest BCUT2D eigenvalue weighted by atomic mass is 10.1. The number of primary amides is 1. The minimum Gasteiger partial charge on any atom is -0.369 e. The molecule has 2 amide bonds. The lowest BCUT2D eigenvalue weighted by molar-refractivity contribution is -0.117. The van der Waals surface area contributed by atoms with Crippen LogP contribution < -0.4 is 11.1 Å². The standard InChI is InChI=1S/C21H17ClN2O2S/c22-16-3-1-2-15(13-16)19-10-8-18(27-19)9-11-21(26)24-17-6-4-14(5-7-17)12-20(23)25/h1-11,13H,12H2,(H2,23,25)(H,24,26)/b11-9+. The van der Waals surface area contributed by atoms with Gasteiger partial charge in [-0.25, -0.2) is 0 Å². The Bertz CT molecular complexity index is 993. The van der Waals surface area contributed by atoms with E-state index in [2.05, 4.69) is 5.32 Å². The number of carbonyl (C=O) groups excluding carboxylic acids is 2. The van der Waals surface area contributed by atoms with Crippen LogP contribution >= 0.6 is 22.9 Å². The van der Waals surface area contributed by atoms with Gasteiger partial charge >= 0.3 is 0 Å². The number of nitrogens with two attached hydrogens (primary N) is 1. The van der Waals surface area contributed by atoms with Gasteiger partial charge in [-0.1, -0.05) is 35.9 Å². The van der Waals surface area contributed by atoms with Crippen LogP contribution in [-0.4, -0.2) is 11.8 Å². The van der Waals surface area contributed by atoms with E-state index in [1.807, 2.05) is 36.4 Å². The molecule has 0 bridgehead atoms. The smallest absolute Gasteiger partial charge is 0.248 e.